The van der Waals surface area contributed by atoms with Gasteiger partial charge < -0.3 is 5.11 Å². The monoisotopic (exact) mass is 390 g/mol. The van der Waals surface area contributed by atoms with Crippen LogP contribution in [0.2, 0.25) is 0 Å². The van der Waals surface area contributed by atoms with Crippen LogP contribution in [0, 0.1) is 12.7 Å². The van der Waals surface area contributed by atoms with E-state index < -0.39 is 23.7 Å². The van der Waals surface area contributed by atoms with Gasteiger partial charge in [0, 0.05) is 5.56 Å². The zero-order chi connectivity index (χ0) is 20.2. The Hall–Kier alpha value is -3.56. The fourth-order valence-electron chi connectivity index (χ4n) is 2.97. The summed E-state index contributed by atoms with van der Waals surface area (Å²) >= 11 is 0. The van der Waals surface area contributed by atoms with Crippen LogP contribution >= 0.6 is 0 Å². The summed E-state index contributed by atoms with van der Waals surface area (Å²) < 4.78 is 54.2. The Morgan fingerprint density at radius 3 is 2.50 bits per heavy atom. The minimum absolute atomic E-state index is 0.0177. The fourth-order valence-corrected chi connectivity index (χ4v) is 2.97. The number of hydrogen-bond acceptors (Lipinski definition) is 4. The second-order valence-corrected chi connectivity index (χ2v) is 6.07. The van der Waals surface area contributed by atoms with Gasteiger partial charge in [0.2, 0.25) is 0 Å². The van der Waals surface area contributed by atoms with Gasteiger partial charge in [0.25, 0.3) is 0 Å². The number of pyridine rings is 1. The van der Waals surface area contributed by atoms with Crippen molar-refractivity contribution in [2.24, 2.45) is 0 Å². The summed E-state index contributed by atoms with van der Waals surface area (Å²) in [7, 11) is 0. The first-order valence-electron chi connectivity index (χ1n) is 7.93. The van der Waals surface area contributed by atoms with Crippen LogP contribution in [0.5, 0.6) is 0 Å². The van der Waals surface area contributed by atoms with Crippen molar-refractivity contribution in [3.63, 3.8) is 0 Å². The molecule has 0 aliphatic carbocycles. The average molecular weight is 390 g/mol. The quantitative estimate of drug-likeness (QED) is 0.521. The van der Waals surface area contributed by atoms with Gasteiger partial charge in [-0.1, -0.05) is 12.1 Å². The Balaban J connectivity index is 2.11. The number of nitrogens with zero attached hydrogens (tertiary/aromatic N) is 4. The number of alkyl halides is 3. The SMILES string of the molecule is Cc1cc(C(F)(F)F)nc2nn3c(C(=O)O)cc(-c4ccccc4F)nc3c12. The molecule has 0 amide bonds. The minimum Gasteiger partial charge on any atom is -0.477 e. The number of carboxylic acids is 1. The molecule has 3 heterocycles. The maximum absolute atomic E-state index is 14.2. The highest BCUT2D eigenvalue weighted by atomic mass is 19.4. The van der Waals surface area contributed by atoms with E-state index in [0.717, 1.165) is 16.6 Å². The van der Waals surface area contributed by atoms with E-state index in [2.05, 4.69) is 15.1 Å². The fraction of sp³-hybridized carbons (Fsp3) is 0.111. The lowest BCUT2D eigenvalue weighted by molar-refractivity contribution is -0.141. The molecule has 4 rings (SSSR count). The molecular formula is C18H10F4N4O2. The summed E-state index contributed by atoms with van der Waals surface area (Å²) in [6, 6.07) is 7.59. The van der Waals surface area contributed by atoms with Gasteiger partial charge >= 0.3 is 12.1 Å². The highest BCUT2D eigenvalue weighted by Gasteiger charge is 2.34. The molecule has 0 bridgehead atoms. The van der Waals surface area contributed by atoms with Crippen molar-refractivity contribution in [3.8, 4) is 11.3 Å². The third-order valence-electron chi connectivity index (χ3n) is 4.20. The Labute approximate surface area is 154 Å². The number of aromatic carboxylic acids is 1. The summed E-state index contributed by atoms with van der Waals surface area (Å²) in [5.74, 6) is -2.01. The van der Waals surface area contributed by atoms with Crippen LogP contribution in [-0.4, -0.2) is 30.7 Å². The van der Waals surface area contributed by atoms with Gasteiger partial charge in [-0.25, -0.2) is 23.7 Å². The predicted molar refractivity (Wildman–Crippen MR) is 90.4 cm³/mol. The Bertz CT molecular complexity index is 1260. The number of carboxylic acid groups (broad SMARTS) is 1. The van der Waals surface area contributed by atoms with Crippen molar-refractivity contribution in [3.05, 3.63) is 59.2 Å². The number of carbonyl (C=O) groups is 1. The third kappa shape index (κ3) is 2.73. The minimum atomic E-state index is -4.68. The molecule has 0 aliphatic rings. The Morgan fingerprint density at radius 1 is 1.14 bits per heavy atom. The maximum atomic E-state index is 14.2. The molecule has 1 aromatic carbocycles. The second kappa shape index (κ2) is 5.98. The molecule has 10 heteroatoms. The molecule has 142 valence electrons. The Kier molecular flexibility index (Phi) is 3.81. The molecule has 0 atom stereocenters. The smallest absolute Gasteiger partial charge is 0.433 e. The van der Waals surface area contributed by atoms with Crippen molar-refractivity contribution >= 4 is 22.6 Å². The van der Waals surface area contributed by atoms with Crippen LogP contribution in [0.3, 0.4) is 0 Å². The Morgan fingerprint density at radius 2 is 1.86 bits per heavy atom. The topological polar surface area (TPSA) is 80.4 Å². The van der Waals surface area contributed by atoms with E-state index in [4.69, 9.17) is 0 Å². The summed E-state index contributed by atoms with van der Waals surface area (Å²) in [4.78, 5) is 19.5. The largest absolute Gasteiger partial charge is 0.477 e. The lowest BCUT2D eigenvalue weighted by atomic mass is 10.1. The molecule has 1 N–H and O–H groups in total. The molecule has 0 aliphatic heterocycles. The van der Waals surface area contributed by atoms with Gasteiger partial charge in [0.05, 0.1) is 11.1 Å². The number of benzene rings is 1. The zero-order valence-electron chi connectivity index (χ0n) is 14.1. The molecule has 4 aromatic rings. The highest BCUT2D eigenvalue weighted by Crippen LogP contribution is 2.32. The molecule has 0 saturated carbocycles. The van der Waals surface area contributed by atoms with E-state index in [1.165, 1.54) is 25.1 Å². The van der Waals surface area contributed by atoms with Gasteiger partial charge in [-0.15, -0.1) is 5.10 Å². The lowest BCUT2D eigenvalue weighted by Crippen LogP contribution is -2.08. The van der Waals surface area contributed by atoms with Crippen LogP contribution in [0.25, 0.3) is 27.9 Å². The van der Waals surface area contributed by atoms with Crippen LogP contribution in [-0.2, 0) is 6.18 Å². The lowest BCUT2D eigenvalue weighted by Gasteiger charge is -2.07. The molecule has 0 spiro atoms. The number of aryl methyl sites for hydroxylation is 1. The summed E-state index contributed by atoms with van der Waals surface area (Å²) in [6.07, 6.45) is -4.68. The van der Waals surface area contributed by atoms with E-state index in [-0.39, 0.29) is 39.2 Å². The number of aromatic nitrogens is 4. The molecule has 3 aromatic heterocycles. The van der Waals surface area contributed by atoms with Crippen molar-refractivity contribution in [2.45, 2.75) is 13.1 Å². The van der Waals surface area contributed by atoms with Crippen LogP contribution in [0.1, 0.15) is 21.7 Å². The van der Waals surface area contributed by atoms with E-state index in [1.807, 2.05) is 0 Å². The van der Waals surface area contributed by atoms with Crippen molar-refractivity contribution in [1.29, 1.82) is 0 Å². The van der Waals surface area contributed by atoms with E-state index >= 15 is 0 Å². The van der Waals surface area contributed by atoms with Crippen molar-refractivity contribution in [2.75, 3.05) is 0 Å². The summed E-state index contributed by atoms with van der Waals surface area (Å²) in [6.45, 7) is 1.42. The first-order chi connectivity index (χ1) is 13.2. The first-order valence-corrected chi connectivity index (χ1v) is 7.93. The van der Waals surface area contributed by atoms with E-state index in [1.54, 1.807) is 6.07 Å². The first kappa shape index (κ1) is 17.8. The molecule has 0 fully saturated rings. The van der Waals surface area contributed by atoms with Crippen molar-refractivity contribution < 1.29 is 27.5 Å². The standard InChI is InChI=1S/C18H10F4N4O2/c1-8-6-13(18(20,21)22)24-15-14(8)16-23-11(9-4-2-3-5-10(9)19)7-12(17(27)28)26(16)25-15/h2-7H,1H3,(H,27,28). The summed E-state index contributed by atoms with van der Waals surface area (Å²) in [5, 5.41) is 13.6. The third-order valence-corrected chi connectivity index (χ3v) is 4.20. The maximum Gasteiger partial charge on any atom is 0.433 e. The molecule has 28 heavy (non-hydrogen) atoms. The molecule has 0 saturated heterocycles. The second-order valence-electron chi connectivity index (χ2n) is 6.07. The molecule has 0 radical (unpaired) electrons. The number of fused-ring (bicyclic) bond motifs is 3. The van der Waals surface area contributed by atoms with Gasteiger partial charge in [0.15, 0.2) is 17.0 Å². The van der Waals surface area contributed by atoms with Gasteiger partial charge in [0.1, 0.15) is 11.5 Å². The number of halogens is 4. The normalized spacial score (nSPS) is 12.0. The summed E-state index contributed by atoms with van der Waals surface area (Å²) in [5.41, 5.74) is -1.61. The van der Waals surface area contributed by atoms with E-state index in [0.29, 0.717) is 0 Å². The molecular weight excluding hydrogens is 380 g/mol. The number of rotatable bonds is 2. The zero-order valence-corrected chi connectivity index (χ0v) is 14.1. The van der Waals surface area contributed by atoms with Crippen LogP contribution in [0.15, 0.2) is 36.4 Å². The highest BCUT2D eigenvalue weighted by molar-refractivity contribution is 5.96. The predicted octanol–water partition coefficient (Wildman–Crippen LogP) is 4.11. The average Bonchev–Trinajstić information content (AvgIpc) is 2.99. The van der Waals surface area contributed by atoms with Crippen molar-refractivity contribution in [1.82, 2.24) is 19.6 Å². The van der Waals surface area contributed by atoms with Crippen LogP contribution in [0.4, 0.5) is 17.6 Å². The number of hydrogen-bond donors (Lipinski definition) is 1. The van der Waals surface area contributed by atoms with E-state index in [9.17, 15) is 27.5 Å². The molecule has 0 unspecified atom stereocenters. The van der Waals surface area contributed by atoms with Gasteiger partial charge in [-0.2, -0.15) is 13.2 Å². The molecule has 6 nitrogen and oxygen atoms in total. The van der Waals surface area contributed by atoms with Gasteiger partial charge in [-0.3, -0.25) is 0 Å². The van der Waals surface area contributed by atoms with Crippen LogP contribution < -0.4 is 0 Å². The van der Waals surface area contributed by atoms with Gasteiger partial charge in [-0.05, 0) is 36.8 Å².